The van der Waals surface area contributed by atoms with Crippen LogP contribution in [0.25, 0.3) is 0 Å². The van der Waals surface area contributed by atoms with Gasteiger partial charge in [-0.05, 0) is 103 Å². The molecule has 0 aromatic heterocycles. The number of hydrogen-bond donors (Lipinski definition) is 5. The Bertz CT molecular complexity index is 1860. The molecule has 0 aliphatic carbocycles. The van der Waals surface area contributed by atoms with Crippen LogP contribution in [0.5, 0.6) is 0 Å². The van der Waals surface area contributed by atoms with Crippen molar-refractivity contribution in [3.8, 4) is 0 Å². The molecular formula is C50H85N3O13S. The Morgan fingerprint density at radius 2 is 1.58 bits per heavy atom. The van der Waals surface area contributed by atoms with E-state index in [0.29, 0.717) is 90.4 Å². The molecule has 384 valence electrons. The van der Waals surface area contributed by atoms with E-state index in [1.54, 1.807) is 6.92 Å². The SMILES string of the molecule is CCC(C(=O)[C@@H](C)[C@@H](O)[C@H](C)[C@@H]1O[C@@H]([C@@H](CC)C(=O)O)CC[C@@H]1C)[C@H]1O[C@]2(C=C[C@@H](NC(=O)NCCCN3CCS(=O)(=O)CC3)[C@]3(CC[C@@](C)([C@H]4CC[C@](O)(CC)[C@H](C)O4)O3)O2)[C@H](C)C[C@@H]1C. The molecule has 5 N–H and O–H groups in total. The van der Waals surface area contributed by atoms with Gasteiger partial charge in [-0.1, -0.05) is 61.5 Å². The highest BCUT2D eigenvalue weighted by Crippen LogP contribution is 2.54. The molecule has 0 aromatic rings. The third kappa shape index (κ3) is 11.6. The number of ketones is 1. The summed E-state index contributed by atoms with van der Waals surface area (Å²) in [6, 6.07) is -1.14. The van der Waals surface area contributed by atoms with Gasteiger partial charge in [0.15, 0.2) is 21.4 Å². The first kappa shape index (κ1) is 54.1. The van der Waals surface area contributed by atoms with Crippen molar-refractivity contribution in [3.05, 3.63) is 12.2 Å². The van der Waals surface area contributed by atoms with Gasteiger partial charge in [0.1, 0.15) is 11.8 Å². The number of sulfone groups is 1. The molecular weight excluding hydrogens is 883 g/mol. The second kappa shape index (κ2) is 21.6. The van der Waals surface area contributed by atoms with Crippen molar-refractivity contribution in [1.82, 2.24) is 15.5 Å². The quantitative estimate of drug-likeness (QED) is 0.0884. The summed E-state index contributed by atoms with van der Waals surface area (Å²) in [5.74, 6) is -5.99. The van der Waals surface area contributed by atoms with E-state index in [1.807, 2.05) is 53.7 Å². The summed E-state index contributed by atoms with van der Waals surface area (Å²) in [5.41, 5.74) is -1.78. The molecule has 5 fully saturated rings. The zero-order valence-electron chi connectivity index (χ0n) is 42.0. The maximum absolute atomic E-state index is 14.7. The molecule has 67 heavy (non-hydrogen) atoms. The van der Waals surface area contributed by atoms with Gasteiger partial charge in [0.25, 0.3) is 0 Å². The minimum Gasteiger partial charge on any atom is -0.481 e. The van der Waals surface area contributed by atoms with Gasteiger partial charge in [-0.2, -0.15) is 0 Å². The lowest BCUT2D eigenvalue weighted by Crippen LogP contribution is -2.66. The number of amides is 2. The zero-order chi connectivity index (χ0) is 49.3. The predicted molar refractivity (Wildman–Crippen MR) is 253 cm³/mol. The van der Waals surface area contributed by atoms with E-state index in [4.69, 9.17) is 23.7 Å². The molecule has 0 saturated carbocycles. The number of urea groups is 1. The van der Waals surface area contributed by atoms with E-state index < -0.39 is 105 Å². The van der Waals surface area contributed by atoms with Gasteiger partial charge < -0.3 is 54.5 Å². The highest BCUT2D eigenvalue weighted by molar-refractivity contribution is 7.91. The predicted octanol–water partition coefficient (Wildman–Crippen LogP) is 5.62. The Morgan fingerprint density at radius 1 is 0.896 bits per heavy atom. The highest BCUT2D eigenvalue weighted by atomic mass is 32.2. The number of aliphatic carboxylic acids is 1. The van der Waals surface area contributed by atoms with E-state index >= 15 is 0 Å². The molecule has 5 saturated heterocycles. The summed E-state index contributed by atoms with van der Waals surface area (Å²) >= 11 is 0. The maximum atomic E-state index is 14.7. The lowest BCUT2D eigenvalue weighted by atomic mass is 9.72. The van der Waals surface area contributed by atoms with Gasteiger partial charge in [0.05, 0.1) is 65.2 Å². The summed E-state index contributed by atoms with van der Waals surface area (Å²) in [4.78, 5) is 42.6. The number of nitrogens with zero attached hydrogens (tertiary/aromatic N) is 1. The largest absolute Gasteiger partial charge is 0.481 e. The summed E-state index contributed by atoms with van der Waals surface area (Å²) in [6.45, 7) is 21.6. The van der Waals surface area contributed by atoms with Crippen LogP contribution >= 0.6 is 0 Å². The first-order valence-corrected chi connectivity index (χ1v) is 27.5. The lowest BCUT2D eigenvalue weighted by molar-refractivity contribution is -0.397. The van der Waals surface area contributed by atoms with Gasteiger partial charge in [0.2, 0.25) is 0 Å². The number of carboxylic acids is 1. The van der Waals surface area contributed by atoms with Gasteiger partial charge in [-0.25, -0.2) is 13.2 Å². The van der Waals surface area contributed by atoms with Crippen molar-refractivity contribution in [2.45, 2.75) is 205 Å². The third-order valence-corrected chi connectivity index (χ3v) is 18.7. The third-order valence-electron chi connectivity index (χ3n) is 17.1. The topological polar surface area (TPSA) is 219 Å². The first-order valence-electron chi connectivity index (χ1n) is 25.7. The average Bonchev–Trinajstić information content (AvgIpc) is 3.63. The van der Waals surface area contributed by atoms with Crippen molar-refractivity contribution in [1.29, 1.82) is 0 Å². The fourth-order valence-corrected chi connectivity index (χ4v) is 13.6. The smallest absolute Gasteiger partial charge is 0.315 e. The fraction of sp³-hybridized carbons (Fsp3) is 0.900. The van der Waals surface area contributed by atoms with Gasteiger partial charge in [-0.3, -0.25) is 9.59 Å². The van der Waals surface area contributed by atoms with Crippen LogP contribution in [-0.4, -0.2) is 150 Å². The van der Waals surface area contributed by atoms with E-state index in [0.717, 1.165) is 6.42 Å². The number of Topliss-reactive ketones (excluding diaryl/α,β-unsaturated/α-hetero) is 1. The van der Waals surface area contributed by atoms with Crippen molar-refractivity contribution < 1.29 is 61.8 Å². The van der Waals surface area contributed by atoms with Crippen LogP contribution in [0.15, 0.2) is 12.2 Å². The molecule has 1 unspecified atom stereocenters. The normalized spacial score (nSPS) is 41.3. The Balaban J connectivity index is 1.20. The molecule has 6 rings (SSSR count). The second-order valence-corrected chi connectivity index (χ2v) is 24.0. The highest BCUT2D eigenvalue weighted by Gasteiger charge is 2.63. The molecule has 6 aliphatic rings. The van der Waals surface area contributed by atoms with E-state index in [2.05, 4.69) is 36.3 Å². The summed E-state index contributed by atoms with van der Waals surface area (Å²) in [7, 11) is -2.98. The van der Waals surface area contributed by atoms with Gasteiger partial charge in [0, 0.05) is 49.7 Å². The minimum atomic E-state index is -2.98. The van der Waals surface area contributed by atoms with Crippen LogP contribution in [0.1, 0.15) is 140 Å². The summed E-state index contributed by atoms with van der Waals surface area (Å²) < 4.78 is 58.4. The minimum absolute atomic E-state index is 0.0473. The van der Waals surface area contributed by atoms with Crippen LogP contribution < -0.4 is 10.6 Å². The number of hydrogen-bond acceptors (Lipinski definition) is 13. The molecule has 0 aromatic carbocycles. The first-order chi connectivity index (χ1) is 31.5. The van der Waals surface area contributed by atoms with Crippen molar-refractivity contribution >= 4 is 27.6 Å². The molecule has 0 bridgehead atoms. The standard InChI is InChI=1S/C50H85N3O13S/c1-11-36(45(56)57)38-16-15-30(4)43(63-38)34(8)41(54)33(7)42(55)37(12-2)44-31(5)29-32(6)49(64-44)20-17-39(52-46(58)51-23-14-24-53-25-27-67(60,61)28-26-53)50(66-49)22-21-47(10,65-50)40-18-19-48(59,13-3)35(9)62-40/h17,20,30-41,43-44,54,59H,11-16,18-19,21-29H2,1-10H3,(H,56,57)(H2,51,52,58)/t30-,31-,32+,33-,34-,35-,36+,37?,38+,39+,40+,41+,43+,44-,47-,48+,49-,50-/m0/s1. The van der Waals surface area contributed by atoms with Crippen LogP contribution in [0.2, 0.25) is 0 Å². The number of carbonyl (C=O) groups excluding carboxylic acids is 2. The Labute approximate surface area is 400 Å². The number of aliphatic hydroxyl groups excluding tert-OH is 1. The number of rotatable bonds is 17. The molecule has 16 nitrogen and oxygen atoms in total. The van der Waals surface area contributed by atoms with Crippen molar-refractivity contribution in [2.75, 3.05) is 37.7 Å². The van der Waals surface area contributed by atoms with Crippen LogP contribution in [-0.2, 0) is 43.1 Å². The van der Waals surface area contributed by atoms with E-state index in [1.165, 1.54) is 0 Å². The van der Waals surface area contributed by atoms with Gasteiger partial charge >= 0.3 is 12.0 Å². The van der Waals surface area contributed by atoms with Crippen molar-refractivity contribution in [2.24, 2.45) is 41.4 Å². The van der Waals surface area contributed by atoms with E-state index in [9.17, 15) is 38.1 Å². The molecule has 6 heterocycles. The fourth-order valence-electron chi connectivity index (χ4n) is 12.3. The van der Waals surface area contributed by atoms with Crippen LogP contribution in [0.4, 0.5) is 4.79 Å². The van der Waals surface area contributed by atoms with Gasteiger partial charge in [-0.15, -0.1) is 0 Å². The molecule has 6 aliphatic heterocycles. The van der Waals surface area contributed by atoms with Crippen molar-refractivity contribution in [3.63, 3.8) is 0 Å². The van der Waals surface area contributed by atoms with E-state index in [-0.39, 0.29) is 41.1 Å². The molecule has 18 atom stereocenters. The maximum Gasteiger partial charge on any atom is 0.315 e. The lowest BCUT2D eigenvalue weighted by Gasteiger charge is -2.55. The Morgan fingerprint density at radius 3 is 2.21 bits per heavy atom. The zero-order valence-corrected chi connectivity index (χ0v) is 42.9. The number of carboxylic acid groups (broad SMARTS) is 1. The number of nitrogens with one attached hydrogen (secondary N) is 2. The van der Waals surface area contributed by atoms with Crippen LogP contribution in [0.3, 0.4) is 0 Å². The molecule has 2 spiro atoms. The number of carbonyl (C=O) groups is 3. The monoisotopic (exact) mass is 968 g/mol. The number of ether oxygens (including phenoxy) is 5. The second-order valence-electron chi connectivity index (χ2n) is 21.7. The number of aliphatic hydroxyl groups is 2. The Hall–Kier alpha value is -2.22. The molecule has 0 radical (unpaired) electrons. The van der Waals surface area contributed by atoms with Crippen LogP contribution in [0, 0.1) is 41.4 Å². The average molecular weight is 968 g/mol. The molecule has 2 amide bonds. The Kier molecular flexibility index (Phi) is 17.5. The summed E-state index contributed by atoms with van der Waals surface area (Å²) in [5, 5.41) is 39.2. The summed E-state index contributed by atoms with van der Waals surface area (Å²) in [6.07, 6.45) is 6.76. The molecule has 17 heteroatoms.